The largest absolute Gasteiger partial charge is 0.481 e. The number of nitrogens with one attached hydrogen (secondary N) is 1. The molecule has 1 unspecified atom stereocenters. The molecule has 1 rings (SSSR count). The van der Waals surface area contributed by atoms with Crippen LogP contribution in [0.25, 0.3) is 0 Å². The lowest BCUT2D eigenvalue weighted by atomic mass is 10.1. The molecular formula is C11H18N2O3. The Hall–Kier alpha value is -1.52. The van der Waals surface area contributed by atoms with Crippen molar-refractivity contribution in [2.75, 3.05) is 13.1 Å². The molecule has 0 saturated carbocycles. The van der Waals surface area contributed by atoms with Gasteiger partial charge >= 0.3 is 12.0 Å². The van der Waals surface area contributed by atoms with Gasteiger partial charge < -0.3 is 15.3 Å². The summed E-state index contributed by atoms with van der Waals surface area (Å²) in [4.78, 5) is 24.0. The molecule has 0 aromatic rings. The SMILES string of the molecule is CCC(CC(=O)O)NC(=O)N1CC=CCC1. The van der Waals surface area contributed by atoms with Crippen LogP contribution in [0.15, 0.2) is 12.2 Å². The summed E-state index contributed by atoms with van der Waals surface area (Å²) in [6, 6.07) is -0.451. The standard InChI is InChI=1S/C11H18N2O3/c1-2-9(8-10(14)15)12-11(16)13-6-4-3-5-7-13/h3-4,9H,2,5-8H2,1H3,(H,12,16)(H,14,15). The van der Waals surface area contributed by atoms with Crippen LogP contribution in [0, 0.1) is 0 Å². The highest BCUT2D eigenvalue weighted by Crippen LogP contribution is 2.04. The number of carboxylic acids is 1. The van der Waals surface area contributed by atoms with Crippen molar-refractivity contribution in [3.8, 4) is 0 Å². The average molecular weight is 226 g/mol. The Morgan fingerprint density at radius 2 is 2.25 bits per heavy atom. The number of urea groups is 1. The molecule has 0 aromatic heterocycles. The highest BCUT2D eigenvalue weighted by molar-refractivity contribution is 5.76. The van der Waals surface area contributed by atoms with Crippen LogP contribution in [0.1, 0.15) is 26.2 Å². The molecule has 5 nitrogen and oxygen atoms in total. The van der Waals surface area contributed by atoms with Crippen molar-refractivity contribution in [1.29, 1.82) is 0 Å². The highest BCUT2D eigenvalue weighted by Gasteiger charge is 2.18. The summed E-state index contributed by atoms with van der Waals surface area (Å²) < 4.78 is 0. The molecule has 1 aliphatic rings. The van der Waals surface area contributed by atoms with E-state index in [1.54, 1.807) is 4.90 Å². The summed E-state index contributed by atoms with van der Waals surface area (Å²) in [6.45, 7) is 3.17. The van der Waals surface area contributed by atoms with Gasteiger partial charge in [-0.2, -0.15) is 0 Å². The Balaban J connectivity index is 2.41. The van der Waals surface area contributed by atoms with E-state index in [0.29, 0.717) is 19.5 Å². The van der Waals surface area contributed by atoms with Gasteiger partial charge in [-0.05, 0) is 12.8 Å². The van der Waals surface area contributed by atoms with Gasteiger partial charge in [0.25, 0.3) is 0 Å². The molecule has 90 valence electrons. The number of carbonyl (C=O) groups excluding carboxylic acids is 1. The number of hydrogen-bond donors (Lipinski definition) is 2. The normalized spacial score (nSPS) is 16.9. The van der Waals surface area contributed by atoms with E-state index in [1.165, 1.54) is 0 Å². The predicted octanol–water partition coefficient (Wildman–Crippen LogP) is 1.21. The first kappa shape index (κ1) is 12.5. The minimum atomic E-state index is -0.884. The Morgan fingerprint density at radius 3 is 2.75 bits per heavy atom. The molecule has 0 aliphatic carbocycles. The van der Waals surface area contributed by atoms with Gasteiger partial charge in [-0.15, -0.1) is 0 Å². The number of carbonyl (C=O) groups is 2. The first-order valence-electron chi connectivity index (χ1n) is 5.55. The molecule has 0 aromatic carbocycles. The van der Waals surface area contributed by atoms with E-state index >= 15 is 0 Å². The Kier molecular flexibility index (Phi) is 4.82. The minimum absolute atomic E-state index is 0.0219. The molecule has 2 N–H and O–H groups in total. The summed E-state index contributed by atoms with van der Waals surface area (Å²) in [5.74, 6) is -0.884. The Bertz CT molecular complexity index is 289. The second-order valence-corrected chi connectivity index (χ2v) is 3.86. The van der Waals surface area contributed by atoms with Gasteiger partial charge in [0.2, 0.25) is 0 Å². The van der Waals surface area contributed by atoms with Gasteiger partial charge in [-0.25, -0.2) is 4.79 Å². The summed E-state index contributed by atoms with van der Waals surface area (Å²) in [5, 5.41) is 11.4. The van der Waals surface area contributed by atoms with Gasteiger partial charge in [-0.3, -0.25) is 4.79 Å². The lowest BCUT2D eigenvalue weighted by molar-refractivity contribution is -0.137. The molecule has 0 spiro atoms. The van der Waals surface area contributed by atoms with E-state index in [1.807, 2.05) is 19.1 Å². The van der Waals surface area contributed by atoms with Crippen molar-refractivity contribution in [2.24, 2.45) is 0 Å². The van der Waals surface area contributed by atoms with Gasteiger partial charge in [0.1, 0.15) is 0 Å². The van der Waals surface area contributed by atoms with Crippen molar-refractivity contribution in [2.45, 2.75) is 32.2 Å². The molecule has 0 bridgehead atoms. The number of amides is 2. The molecule has 16 heavy (non-hydrogen) atoms. The summed E-state index contributed by atoms with van der Waals surface area (Å²) in [6.07, 6.45) is 5.45. The van der Waals surface area contributed by atoms with Gasteiger partial charge in [0, 0.05) is 19.1 Å². The van der Waals surface area contributed by atoms with Crippen LogP contribution in [0.2, 0.25) is 0 Å². The molecule has 2 amide bonds. The van der Waals surface area contributed by atoms with Crippen LogP contribution in [-0.2, 0) is 4.79 Å². The number of rotatable bonds is 4. The van der Waals surface area contributed by atoms with Crippen LogP contribution in [-0.4, -0.2) is 41.1 Å². The topological polar surface area (TPSA) is 69.6 Å². The van der Waals surface area contributed by atoms with Crippen molar-refractivity contribution in [1.82, 2.24) is 10.2 Å². The van der Waals surface area contributed by atoms with Gasteiger partial charge in [-0.1, -0.05) is 19.1 Å². The fourth-order valence-electron chi connectivity index (χ4n) is 1.60. The smallest absolute Gasteiger partial charge is 0.317 e. The van der Waals surface area contributed by atoms with E-state index in [4.69, 9.17) is 5.11 Å². The summed E-state index contributed by atoms with van der Waals surface area (Å²) >= 11 is 0. The fraction of sp³-hybridized carbons (Fsp3) is 0.636. The molecular weight excluding hydrogens is 208 g/mol. The third-order valence-corrected chi connectivity index (χ3v) is 2.59. The third-order valence-electron chi connectivity index (χ3n) is 2.59. The number of carboxylic acid groups (broad SMARTS) is 1. The van der Waals surface area contributed by atoms with Crippen LogP contribution in [0.5, 0.6) is 0 Å². The maximum Gasteiger partial charge on any atom is 0.317 e. The number of aliphatic carboxylic acids is 1. The lowest BCUT2D eigenvalue weighted by Gasteiger charge is -2.26. The van der Waals surface area contributed by atoms with E-state index in [0.717, 1.165) is 6.42 Å². The maximum absolute atomic E-state index is 11.7. The third kappa shape index (κ3) is 3.92. The second-order valence-electron chi connectivity index (χ2n) is 3.86. The molecule has 1 aliphatic heterocycles. The fourth-order valence-corrected chi connectivity index (χ4v) is 1.60. The van der Waals surface area contributed by atoms with Crippen LogP contribution in [0.4, 0.5) is 4.79 Å². The van der Waals surface area contributed by atoms with E-state index in [2.05, 4.69) is 5.32 Å². The first-order chi connectivity index (χ1) is 7.63. The van der Waals surface area contributed by atoms with E-state index < -0.39 is 5.97 Å². The number of nitrogens with zero attached hydrogens (tertiary/aromatic N) is 1. The van der Waals surface area contributed by atoms with Crippen LogP contribution >= 0.6 is 0 Å². The zero-order valence-electron chi connectivity index (χ0n) is 9.48. The van der Waals surface area contributed by atoms with Crippen molar-refractivity contribution >= 4 is 12.0 Å². The molecule has 0 fully saturated rings. The van der Waals surface area contributed by atoms with E-state index in [9.17, 15) is 9.59 Å². The zero-order valence-corrected chi connectivity index (χ0v) is 9.48. The highest BCUT2D eigenvalue weighted by atomic mass is 16.4. The average Bonchev–Trinajstić information content (AvgIpc) is 2.28. The Labute approximate surface area is 95.1 Å². The van der Waals surface area contributed by atoms with Crippen molar-refractivity contribution in [3.05, 3.63) is 12.2 Å². The van der Waals surface area contributed by atoms with Gasteiger partial charge in [0.05, 0.1) is 6.42 Å². The molecule has 1 atom stereocenters. The quantitative estimate of drug-likeness (QED) is 0.708. The predicted molar refractivity (Wildman–Crippen MR) is 60.2 cm³/mol. The lowest BCUT2D eigenvalue weighted by Crippen LogP contribution is -2.46. The summed E-state index contributed by atoms with van der Waals surface area (Å²) in [7, 11) is 0. The molecule has 0 saturated heterocycles. The zero-order chi connectivity index (χ0) is 12.0. The van der Waals surface area contributed by atoms with E-state index in [-0.39, 0.29) is 18.5 Å². The minimum Gasteiger partial charge on any atom is -0.481 e. The van der Waals surface area contributed by atoms with Crippen LogP contribution in [0.3, 0.4) is 0 Å². The van der Waals surface area contributed by atoms with Gasteiger partial charge in [0.15, 0.2) is 0 Å². The maximum atomic E-state index is 11.7. The molecule has 5 heteroatoms. The Morgan fingerprint density at radius 1 is 1.50 bits per heavy atom. The first-order valence-corrected chi connectivity index (χ1v) is 5.55. The molecule has 0 radical (unpaired) electrons. The van der Waals surface area contributed by atoms with Crippen LogP contribution < -0.4 is 5.32 Å². The van der Waals surface area contributed by atoms with Crippen molar-refractivity contribution < 1.29 is 14.7 Å². The second kappa shape index (κ2) is 6.15. The molecule has 1 heterocycles. The monoisotopic (exact) mass is 226 g/mol. The number of hydrogen-bond acceptors (Lipinski definition) is 2. The van der Waals surface area contributed by atoms with Crippen molar-refractivity contribution in [3.63, 3.8) is 0 Å². The summed E-state index contributed by atoms with van der Waals surface area (Å²) in [5.41, 5.74) is 0.